The van der Waals surface area contributed by atoms with Crippen LogP contribution in [0.3, 0.4) is 0 Å². The Kier molecular flexibility index (Phi) is 6.56. The summed E-state index contributed by atoms with van der Waals surface area (Å²) in [4.78, 5) is 10.4. The molecule has 0 unspecified atom stereocenters. The van der Waals surface area contributed by atoms with Gasteiger partial charge in [-0.3, -0.25) is 0 Å². The number of aromatic nitrogens is 1. The monoisotopic (exact) mass is 468 g/mol. The molecular formula is C24H18Cl2N2O2S. The zero-order valence-electron chi connectivity index (χ0n) is 16.8. The van der Waals surface area contributed by atoms with Crippen molar-refractivity contribution in [2.45, 2.75) is 0 Å². The molecule has 156 valence electrons. The van der Waals surface area contributed by atoms with E-state index in [-0.39, 0.29) is 0 Å². The summed E-state index contributed by atoms with van der Waals surface area (Å²) in [5, 5.41) is 1.75. The molecule has 31 heavy (non-hydrogen) atoms. The van der Waals surface area contributed by atoms with Crippen LogP contribution in [0.2, 0.25) is 10.0 Å². The van der Waals surface area contributed by atoms with Crippen molar-refractivity contribution in [3.63, 3.8) is 0 Å². The summed E-state index contributed by atoms with van der Waals surface area (Å²) < 4.78 is 10.6. The third kappa shape index (κ3) is 4.90. The topological polar surface area (TPSA) is 43.7 Å². The van der Waals surface area contributed by atoms with E-state index >= 15 is 0 Å². The van der Waals surface area contributed by atoms with E-state index in [9.17, 15) is 0 Å². The van der Waals surface area contributed by atoms with E-state index < -0.39 is 0 Å². The summed E-state index contributed by atoms with van der Waals surface area (Å²) in [6.07, 6.45) is 1.70. The number of hydrogen-bond donors (Lipinski definition) is 0. The Morgan fingerprint density at radius 3 is 2.03 bits per heavy atom. The smallest absolute Gasteiger partial charge is 0.210 e. The number of rotatable bonds is 6. The molecule has 0 saturated carbocycles. The van der Waals surface area contributed by atoms with E-state index in [1.54, 1.807) is 32.6 Å². The molecule has 7 heteroatoms. The largest absolute Gasteiger partial charge is 0.497 e. The van der Waals surface area contributed by atoms with Crippen LogP contribution in [0.5, 0.6) is 11.5 Å². The van der Waals surface area contributed by atoms with Gasteiger partial charge in [0.15, 0.2) is 0 Å². The van der Waals surface area contributed by atoms with Crippen molar-refractivity contribution < 1.29 is 9.47 Å². The Balaban J connectivity index is 1.76. The molecule has 3 aromatic carbocycles. The van der Waals surface area contributed by atoms with Gasteiger partial charge in [-0.25, -0.2) is 9.98 Å². The first-order valence-corrected chi connectivity index (χ1v) is 10.9. The number of benzene rings is 3. The van der Waals surface area contributed by atoms with Crippen molar-refractivity contribution in [3.05, 3.63) is 82.3 Å². The van der Waals surface area contributed by atoms with Gasteiger partial charge in [0.2, 0.25) is 5.13 Å². The van der Waals surface area contributed by atoms with Gasteiger partial charge in [-0.2, -0.15) is 0 Å². The summed E-state index contributed by atoms with van der Waals surface area (Å²) in [6, 6.07) is 21.0. The molecule has 0 radical (unpaired) electrons. The molecule has 0 aliphatic carbocycles. The minimum absolute atomic E-state index is 0.540. The number of ether oxygens (including phenoxy) is 2. The van der Waals surface area contributed by atoms with Crippen LogP contribution in [0.25, 0.3) is 21.7 Å². The Bertz CT molecular complexity index is 1150. The van der Waals surface area contributed by atoms with Crippen molar-refractivity contribution in [1.29, 1.82) is 0 Å². The van der Waals surface area contributed by atoms with Gasteiger partial charge in [-0.1, -0.05) is 40.6 Å². The second kappa shape index (κ2) is 9.52. The molecular weight excluding hydrogens is 451 g/mol. The quantitative estimate of drug-likeness (QED) is 0.274. The molecule has 4 aromatic rings. The highest BCUT2D eigenvalue weighted by atomic mass is 35.5. The van der Waals surface area contributed by atoms with Gasteiger partial charge in [0.05, 0.1) is 29.8 Å². The molecule has 0 spiro atoms. The molecule has 0 atom stereocenters. The van der Waals surface area contributed by atoms with Crippen LogP contribution >= 0.6 is 34.5 Å². The van der Waals surface area contributed by atoms with Gasteiger partial charge in [0.25, 0.3) is 0 Å². The van der Waals surface area contributed by atoms with Crippen LogP contribution in [0.4, 0.5) is 5.13 Å². The lowest BCUT2D eigenvalue weighted by Crippen LogP contribution is -1.86. The number of halogens is 2. The zero-order chi connectivity index (χ0) is 21.8. The van der Waals surface area contributed by atoms with Crippen LogP contribution in [-0.4, -0.2) is 25.4 Å². The van der Waals surface area contributed by atoms with Gasteiger partial charge in [-0.05, 0) is 66.2 Å². The highest BCUT2D eigenvalue weighted by molar-refractivity contribution is 7.19. The molecule has 0 saturated heterocycles. The SMILES string of the molecule is COc1ccc(-c2nc(N=Cc3ccc(Cl)cc3Cl)sc2-c2ccc(OC)cc2)cc1. The average Bonchev–Trinajstić information content (AvgIpc) is 3.23. The number of nitrogens with zero attached hydrogens (tertiary/aromatic N) is 2. The summed E-state index contributed by atoms with van der Waals surface area (Å²) in [7, 11) is 3.30. The Morgan fingerprint density at radius 2 is 1.45 bits per heavy atom. The standard InChI is InChI=1S/C24H18Cl2N2O2S/c1-29-19-9-4-15(5-10-19)22-23(16-6-11-20(30-2)12-7-16)31-24(28-22)27-14-17-3-8-18(25)13-21(17)26/h3-14H,1-2H3. The van der Waals surface area contributed by atoms with Gasteiger partial charge in [0, 0.05) is 22.4 Å². The predicted octanol–water partition coefficient (Wildman–Crippen LogP) is 7.55. The molecule has 0 amide bonds. The lowest BCUT2D eigenvalue weighted by atomic mass is 10.1. The molecule has 0 N–H and O–H groups in total. The fourth-order valence-corrected chi connectivity index (χ4v) is 4.37. The minimum Gasteiger partial charge on any atom is -0.497 e. The molecule has 0 aliphatic heterocycles. The maximum Gasteiger partial charge on any atom is 0.210 e. The van der Waals surface area contributed by atoms with E-state index in [2.05, 4.69) is 4.99 Å². The number of aliphatic imine (C=N–C) groups is 1. The average molecular weight is 469 g/mol. The molecule has 0 aliphatic rings. The summed E-state index contributed by atoms with van der Waals surface area (Å²) in [6.45, 7) is 0. The minimum atomic E-state index is 0.540. The third-order valence-electron chi connectivity index (χ3n) is 4.61. The molecule has 0 fully saturated rings. The molecule has 1 heterocycles. The van der Waals surface area contributed by atoms with E-state index in [4.69, 9.17) is 37.7 Å². The van der Waals surface area contributed by atoms with E-state index in [0.29, 0.717) is 15.2 Å². The highest BCUT2D eigenvalue weighted by Crippen LogP contribution is 2.41. The fourth-order valence-electron chi connectivity index (χ4n) is 2.98. The van der Waals surface area contributed by atoms with Crippen molar-refractivity contribution in [2.24, 2.45) is 4.99 Å². The van der Waals surface area contributed by atoms with E-state index in [0.717, 1.165) is 38.8 Å². The summed E-state index contributed by atoms with van der Waals surface area (Å²) in [5.74, 6) is 1.59. The first-order chi connectivity index (χ1) is 15.1. The third-order valence-corrected chi connectivity index (χ3v) is 6.18. The first kappa shape index (κ1) is 21.4. The number of methoxy groups -OCH3 is 2. The Morgan fingerprint density at radius 1 is 0.839 bits per heavy atom. The van der Waals surface area contributed by atoms with E-state index in [1.165, 1.54) is 11.3 Å². The van der Waals surface area contributed by atoms with Crippen LogP contribution in [0.15, 0.2) is 71.7 Å². The fraction of sp³-hybridized carbons (Fsp3) is 0.0833. The second-order valence-corrected chi connectivity index (χ2v) is 8.38. The van der Waals surface area contributed by atoms with Crippen LogP contribution in [0, 0.1) is 0 Å². The lowest BCUT2D eigenvalue weighted by Gasteiger charge is -2.05. The molecule has 4 nitrogen and oxygen atoms in total. The number of thiazole rings is 1. The van der Waals surface area contributed by atoms with Crippen LogP contribution < -0.4 is 9.47 Å². The normalized spacial score (nSPS) is 11.1. The maximum absolute atomic E-state index is 6.26. The van der Waals surface area contributed by atoms with E-state index in [1.807, 2.05) is 54.6 Å². The Hall–Kier alpha value is -2.86. The van der Waals surface area contributed by atoms with Gasteiger partial charge in [-0.15, -0.1) is 0 Å². The van der Waals surface area contributed by atoms with Crippen molar-refractivity contribution >= 4 is 45.9 Å². The van der Waals surface area contributed by atoms with Gasteiger partial charge < -0.3 is 9.47 Å². The van der Waals surface area contributed by atoms with Crippen molar-refractivity contribution in [2.75, 3.05) is 14.2 Å². The summed E-state index contributed by atoms with van der Waals surface area (Å²) >= 11 is 13.8. The zero-order valence-corrected chi connectivity index (χ0v) is 19.1. The molecule has 0 bridgehead atoms. The van der Waals surface area contributed by atoms with Crippen molar-refractivity contribution in [3.8, 4) is 33.2 Å². The second-order valence-electron chi connectivity index (χ2n) is 6.56. The number of hydrogen-bond acceptors (Lipinski definition) is 5. The van der Waals surface area contributed by atoms with Crippen LogP contribution in [0.1, 0.15) is 5.56 Å². The molecule has 4 rings (SSSR count). The lowest BCUT2D eigenvalue weighted by molar-refractivity contribution is 0.414. The molecule has 1 aromatic heterocycles. The maximum atomic E-state index is 6.26. The van der Waals surface area contributed by atoms with Gasteiger partial charge >= 0.3 is 0 Å². The first-order valence-electron chi connectivity index (χ1n) is 9.36. The highest BCUT2D eigenvalue weighted by Gasteiger charge is 2.15. The van der Waals surface area contributed by atoms with Gasteiger partial charge in [0.1, 0.15) is 11.5 Å². The van der Waals surface area contributed by atoms with Crippen molar-refractivity contribution in [1.82, 2.24) is 4.98 Å². The summed E-state index contributed by atoms with van der Waals surface area (Å²) in [5.41, 5.74) is 3.65. The predicted molar refractivity (Wildman–Crippen MR) is 130 cm³/mol. The van der Waals surface area contributed by atoms with Crippen LogP contribution in [-0.2, 0) is 0 Å². The Labute approximate surface area is 194 Å².